The Bertz CT molecular complexity index is 1130. The number of hydrogen-bond donors (Lipinski definition) is 0. The van der Waals surface area contributed by atoms with Crippen molar-refractivity contribution in [3.05, 3.63) is 95.7 Å². The van der Waals surface area contributed by atoms with Crippen molar-refractivity contribution in [3.63, 3.8) is 0 Å². The van der Waals surface area contributed by atoms with Gasteiger partial charge in [-0.2, -0.15) is 5.10 Å². The summed E-state index contributed by atoms with van der Waals surface area (Å²) < 4.78 is 1.96. The molecule has 1 atom stereocenters. The molecule has 0 bridgehead atoms. The molecule has 1 heterocycles. The number of para-hydroxylation sites is 1. The van der Waals surface area contributed by atoms with Gasteiger partial charge in [-0.3, -0.25) is 4.79 Å². The lowest BCUT2D eigenvalue weighted by Crippen LogP contribution is -2.33. The highest BCUT2D eigenvalue weighted by molar-refractivity contribution is 6.01. The number of benzene rings is 2. The molecule has 4 rings (SSSR count). The van der Waals surface area contributed by atoms with Gasteiger partial charge in [0.1, 0.15) is 5.69 Å². The van der Waals surface area contributed by atoms with Crippen LogP contribution in [0.1, 0.15) is 42.7 Å². The third-order valence-electron chi connectivity index (χ3n) is 6.13. The van der Waals surface area contributed by atoms with Crippen LogP contribution in [0.15, 0.2) is 84.5 Å². The fourth-order valence-corrected chi connectivity index (χ4v) is 4.33. The van der Waals surface area contributed by atoms with Gasteiger partial charge in [0.2, 0.25) is 0 Å². The van der Waals surface area contributed by atoms with Gasteiger partial charge in [0.15, 0.2) is 0 Å². The number of rotatable bonds is 7. The van der Waals surface area contributed by atoms with E-state index in [0.717, 1.165) is 47.5 Å². The predicted octanol–water partition coefficient (Wildman–Crippen LogP) is 6.09. The molecule has 1 aliphatic rings. The Morgan fingerprint density at radius 2 is 1.78 bits per heavy atom. The highest BCUT2D eigenvalue weighted by Gasteiger charge is 2.28. The Morgan fingerprint density at radius 1 is 1.09 bits per heavy atom. The van der Waals surface area contributed by atoms with Gasteiger partial charge >= 0.3 is 0 Å². The van der Waals surface area contributed by atoms with Gasteiger partial charge in [-0.1, -0.05) is 85.7 Å². The average molecular weight is 426 g/mol. The van der Waals surface area contributed by atoms with Crippen LogP contribution in [0.5, 0.6) is 0 Å². The molecule has 1 unspecified atom stereocenters. The van der Waals surface area contributed by atoms with Gasteiger partial charge < -0.3 is 4.90 Å². The molecule has 0 fully saturated rings. The third kappa shape index (κ3) is 4.45. The van der Waals surface area contributed by atoms with E-state index >= 15 is 0 Å². The minimum absolute atomic E-state index is 0.0387. The van der Waals surface area contributed by atoms with Crippen LogP contribution >= 0.6 is 0 Å². The number of allylic oxidation sites excluding steroid dienone is 3. The van der Waals surface area contributed by atoms with E-state index in [1.807, 2.05) is 77.3 Å². The Hall–Kier alpha value is -3.40. The standard InChI is InChI=1S/C28H31N3O/c1-4-13-25-26(28(32)30(3)20-23-17-12-11-14-21(23)2)27(22-15-7-5-8-16-22)29-31(25)24-18-9-6-10-19-24/h5-12,14-16,18-19,23H,4,13,17,20H2,1-3H3. The van der Waals surface area contributed by atoms with Crippen LogP contribution in [0, 0.1) is 5.92 Å². The maximum absolute atomic E-state index is 13.9. The van der Waals surface area contributed by atoms with Crippen molar-refractivity contribution < 1.29 is 4.79 Å². The van der Waals surface area contributed by atoms with Gasteiger partial charge in [-0.15, -0.1) is 0 Å². The number of aromatic nitrogens is 2. The molecule has 1 aromatic heterocycles. The molecule has 2 aromatic carbocycles. The average Bonchev–Trinajstić information content (AvgIpc) is 3.20. The van der Waals surface area contributed by atoms with E-state index in [1.54, 1.807) is 0 Å². The molecule has 164 valence electrons. The van der Waals surface area contributed by atoms with Gasteiger partial charge in [0, 0.05) is 25.1 Å². The molecule has 4 heteroatoms. The molecule has 0 N–H and O–H groups in total. The molecule has 3 aromatic rings. The zero-order valence-corrected chi connectivity index (χ0v) is 19.2. The fourth-order valence-electron chi connectivity index (χ4n) is 4.33. The van der Waals surface area contributed by atoms with E-state index < -0.39 is 0 Å². The topological polar surface area (TPSA) is 38.1 Å². The maximum atomic E-state index is 13.9. The van der Waals surface area contributed by atoms with Crippen molar-refractivity contribution in [1.29, 1.82) is 0 Å². The Kier molecular flexibility index (Phi) is 6.69. The van der Waals surface area contributed by atoms with E-state index in [4.69, 9.17) is 5.10 Å². The third-order valence-corrected chi connectivity index (χ3v) is 6.13. The van der Waals surface area contributed by atoms with Crippen molar-refractivity contribution in [2.45, 2.75) is 33.1 Å². The van der Waals surface area contributed by atoms with E-state index in [-0.39, 0.29) is 5.91 Å². The smallest absolute Gasteiger partial charge is 0.257 e. The van der Waals surface area contributed by atoms with Crippen molar-refractivity contribution in [3.8, 4) is 16.9 Å². The molecule has 0 aliphatic heterocycles. The summed E-state index contributed by atoms with van der Waals surface area (Å²) in [6, 6.07) is 20.1. The summed E-state index contributed by atoms with van der Waals surface area (Å²) >= 11 is 0. The summed E-state index contributed by atoms with van der Waals surface area (Å²) in [5, 5.41) is 4.98. The summed E-state index contributed by atoms with van der Waals surface area (Å²) in [6.45, 7) is 4.99. The number of carbonyl (C=O) groups excluding carboxylic acids is 1. The van der Waals surface area contributed by atoms with Crippen molar-refractivity contribution in [1.82, 2.24) is 14.7 Å². The Balaban J connectivity index is 1.79. The number of amides is 1. The van der Waals surface area contributed by atoms with Crippen LogP contribution in [-0.2, 0) is 6.42 Å². The first kappa shape index (κ1) is 21.8. The van der Waals surface area contributed by atoms with Crippen molar-refractivity contribution in [2.75, 3.05) is 13.6 Å². The van der Waals surface area contributed by atoms with E-state index in [9.17, 15) is 4.79 Å². The second kappa shape index (κ2) is 9.82. The second-order valence-corrected chi connectivity index (χ2v) is 8.49. The first-order valence-corrected chi connectivity index (χ1v) is 11.4. The van der Waals surface area contributed by atoms with Gasteiger partial charge in [0.05, 0.1) is 16.9 Å². The first-order chi connectivity index (χ1) is 15.6. The van der Waals surface area contributed by atoms with Crippen molar-refractivity contribution in [2.24, 2.45) is 5.92 Å². The second-order valence-electron chi connectivity index (χ2n) is 8.49. The monoisotopic (exact) mass is 425 g/mol. The van der Waals surface area contributed by atoms with E-state index in [2.05, 4.69) is 32.1 Å². The molecule has 0 saturated carbocycles. The highest BCUT2D eigenvalue weighted by atomic mass is 16.2. The van der Waals surface area contributed by atoms with Gasteiger partial charge in [-0.25, -0.2) is 4.68 Å². The maximum Gasteiger partial charge on any atom is 0.257 e. The van der Waals surface area contributed by atoms with Crippen LogP contribution < -0.4 is 0 Å². The van der Waals surface area contributed by atoms with Gasteiger partial charge in [0.25, 0.3) is 5.91 Å². The summed E-state index contributed by atoms with van der Waals surface area (Å²) in [6.07, 6.45) is 9.13. The first-order valence-electron chi connectivity index (χ1n) is 11.4. The van der Waals surface area contributed by atoms with Crippen LogP contribution in [0.2, 0.25) is 0 Å². The van der Waals surface area contributed by atoms with E-state index in [1.165, 1.54) is 5.57 Å². The largest absolute Gasteiger partial charge is 0.341 e. The van der Waals surface area contributed by atoms with Crippen LogP contribution in [-0.4, -0.2) is 34.2 Å². The molecule has 0 radical (unpaired) electrons. The molecule has 1 amide bonds. The number of carbonyl (C=O) groups is 1. The Morgan fingerprint density at radius 3 is 2.44 bits per heavy atom. The van der Waals surface area contributed by atoms with E-state index in [0.29, 0.717) is 12.5 Å². The zero-order valence-electron chi connectivity index (χ0n) is 19.2. The molecule has 4 nitrogen and oxygen atoms in total. The summed E-state index contributed by atoms with van der Waals surface area (Å²) in [5.41, 5.74) is 5.72. The molecule has 0 saturated heterocycles. The van der Waals surface area contributed by atoms with Crippen molar-refractivity contribution >= 4 is 5.91 Å². The van der Waals surface area contributed by atoms with Crippen LogP contribution in [0.4, 0.5) is 0 Å². The van der Waals surface area contributed by atoms with Crippen LogP contribution in [0.25, 0.3) is 16.9 Å². The minimum Gasteiger partial charge on any atom is -0.341 e. The Labute approximate surface area is 190 Å². The predicted molar refractivity (Wildman–Crippen MR) is 131 cm³/mol. The quantitative estimate of drug-likeness (QED) is 0.460. The normalized spacial score (nSPS) is 15.5. The molecular formula is C28H31N3O. The molecular weight excluding hydrogens is 394 g/mol. The summed E-state index contributed by atoms with van der Waals surface area (Å²) in [7, 11) is 1.91. The number of nitrogens with zero attached hydrogens (tertiary/aromatic N) is 3. The lowest BCUT2D eigenvalue weighted by atomic mass is 9.92. The molecule has 1 aliphatic carbocycles. The lowest BCUT2D eigenvalue weighted by molar-refractivity contribution is 0.0779. The molecule has 0 spiro atoms. The number of hydrogen-bond acceptors (Lipinski definition) is 2. The lowest BCUT2D eigenvalue weighted by Gasteiger charge is -2.26. The fraction of sp³-hybridized carbons (Fsp3) is 0.286. The highest BCUT2D eigenvalue weighted by Crippen LogP contribution is 2.30. The van der Waals surface area contributed by atoms with Crippen LogP contribution in [0.3, 0.4) is 0 Å². The molecule has 32 heavy (non-hydrogen) atoms. The minimum atomic E-state index is 0.0387. The summed E-state index contributed by atoms with van der Waals surface area (Å²) in [4.78, 5) is 15.8. The summed E-state index contributed by atoms with van der Waals surface area (Å²) in [5.74, 6) is 0.393. The van der Waals surface area contributed by atoms with Gasteiger partial charge in [-0.05, 0) is 31.9 Å². The SMILES string of the molecule is CCCc1c(C(=O)N(C)CC2CC=CC=C2C)c(-c2ccccc2)nn1-c1ccccc1. The zero-order chi connectivity index (χ0) is 22.5.